The van der Waals surface area contributed by atoms with Crippen LogP contribution in [0.1, 0.15) is 15.9 Å². The highest BCUT2D eigenvalue weighted by molar-refractivity contribution is 5.97. The highest BCUT2D eigenvalue weighted by Gasteiger charge is 2.35. The number of aromatic carboxylic acids is 1. The Morgan fingerprint density at radius 2 is 1.89 bits per heavy atom. The van der Waals surface area contributed by atoms with Gasteiger partial charge in [0, 0.05) is 24.0 Å². The molecule has 4 rings (SSSR count). The first-order chi connectivity index (χ1) is 13.4. The summed E-state index contributed by atoms with van der Waals surface area (Å²) < 4.78 is 41.1. The van der Waals surface area contributed by atoms with Crippen molar-refractivity contribution in [3.8, 4) is 16.8 Å². The summed E-state index contributed by atoms with van der Waals surface area (Å²) in [6.07, 6.45) is 1.87. The quantitative estimate of drug-likeness (QED) is 0.552. The first-order valence-electron chi connectivity index (χ1n) is 8.17. The lowest BCUT2D eigenvalue weighted by Crippen LogP contribution is -2.12. The third-order valence-electron chi connectivity index (χ3n) is 4.38. The number of halogens is 3. The highest BCUT2D eigenvalue weighted by atomic mass is 19.4. The lowest BCUT2D eigenvalue weighted by molar-refractivity contribution is -0.138. The molecule has 0 amide bonds. The normalized spacial score (nSPS) is 11.7. The standard InChI is InChI=1S/C20H12F3N3O2/c21-20(22,23)17-4-3-12(10-16(17)19(27)28)14-5-8-25-18-15(14)6-9-26(18)13-2-1-7-24-11-13/h1-11H,(H,27,28). The molecule has 0 atom stereocenters. The molecule has 3 aromatic heterocycles. The van der Waals surface area contributed by atoms with Crippen molar-refractivity contribution in [3.63, 3.8) is 0 Å². The fraction of sp³-hybridized carbons (Fsp3) is 0.0500. The number of carboxylic acid groups (broad SMARTS) is 1. The molecule has 1 aromatic carbocycles. The summed E-state index contributed by atoms with van der Waals surface area (Å²) >= 11 is 0. The van der Waals surface area contributed by atoms with Crippen LogP contribution in [0.3, 0.4) is 0 Å². The minimum atomic E-state index is -4.75. The summed E-state index contributed by atoms with van der Waals surface area (Å²) in [7, 11) is 0. The molecular formula is C20H12F3N3O2. The smallest absolute Gasteiger partial charge is 0.417 e. The zero-order valence-electron chi connectivity index (χ0n) is 14.2. The zero-order valence-corrected chi connectivity index (χ0v) is 14.2. The monoisotopic (exact) mass is 383 g/mol. The van der Waals surface area contributed by atoms with Gasteiger partial charge in [-0.25, -0.2) is 9.78 Å². The zero-order chi connectivity index (χ0) is 19.9. The van der Waals surface area contributed by atoms with Crippen molar-refractivity contribution < 1.29 is 23.1 Å². The van der Waals surface area contributed by atoms with Crippen molar-refractivity contribution in [1.29, 1.82) is 0 Å². The van der Waals surface area contributed by atoms with Gasteiger partial charge in [0.2, 0.25) is 0 Å². The molecule has 8 heteroatoms. The first kappa shape index (κ1) is 17.7. The van der Waals surface area contributed by atoms with Crippen LogP contribution in [0.4, 0.5) is 13.2 Å². The van der Waals surface area contributed by atoms with E-state index in [1.54, 1.807) is 41.4 Å². The average molecular weight is 383 g/mol. The van der Waals surface area contributed by atoms with Crippen LogP contribution in [-0.4, -0.2) is 25.6 Å². The molecule has 0 radical (unpaired) electrons. The van der Waals surface area contributed by atoms with Crippen molar-refractivity contribution in [2.45, 2.75) is 6.18 Å². The molecule has 0 unspecified atom stereocenters. The maximum atomic E-state index is 13.1. The third-order valence-corrected chi connectivity index (χ3v) is 4.38. The largest absolute Gasteiger partial charge is 0.478 e. The van der Waals surface area contributed by atoms with Crippen LogP contribution in [0, 0.1) is 0 Å². The fourth-order valence-electron chi connectivity index (χ4n) is 3.13. The number of rotatable bonds is 3. The Labute approximate surface area is 156 Å². The lowest BCUT2D eigenvalue weighted by atomic mass is 9.98. The van der Waals surface area contributed by atoms with Crippen LogP contribution in [0.2, 0.25) is 0 Å². The molecule has 28 heavy (non-hydrogen) atoms. The van der Waals surface area contributed by atoms with Gasteiger partial charge in [-0.3, -0.25) is 9.55 Å². The van der Waals surface area contributed by atoms with E-state index in [9.17, 15) is 23.1 Å². The third kappa shape index (κ3) is 2.98. The Morgan fingerprint density at radius 1 is 1.07 bits per heavy atom. The molecule has 0 aliphatic heterocycles. The van der Waals surface area contributed by atoms with Crippen LogP contribution >= 0.6 is 0 Å². The van der Waals surface area contributed by atoms with Gasteiger partial charge in [-0.1, -0.05) is 6.07 Å². The second-order valence-electron chi connectivity index (χ2n) is 6.06. The van der Waals surface area contributed by atoms with E-state index in [-0.39, 0.29) is 0 Å². The van der Waals surface area contributed by atoms with Gasteiger partial charge in [-0.05, 0) is 47.5 Å². The minimum absolute atomic E-state index is 0.363. The maximum Gasteiger partial charge on any atom is 0.417 e. The number of carbonyl (C=O) groups is 1. The molecule has 140 valence electrons. The summed E-state index contributed by atoms with van der Waals surface area (Å²) in [5, 5.41) is 9.93. The number of carboxylic acids is 1. The van der Waals surface area contributed by atoms with Gasteiger partial charge in [-0.15, -0.1) is 0 Å². The van der Waals surface area contributed by atoms with Crippen molar-refractivity contribution in [2.75, 3.05) is 0 Å². The molecule has 1 N–H and O–H groups in total. The first-order valence-corrected chi connectivity index (χ1v) is 8.17. The number of benzene rings is 1. The van der Waals surface area contributed by atoms with E-state index in [0.717, 1.165) is 17.8 Å². The Hall–Kier alpha value is -3.68. The van der Waals surface area contributed by atoms with E-state index in [1.165, 1.54) is 12.3 Å². The van der Waals surface area contributed by atoms with Gasteiger partial charge in [-0.2, -0.15) is 13.2 Å². The van der Waals surface area contributed by atoms with Crippen molar-refractivity contribution in [2.24, 2.45) is 0 Å². The highest BCUT2D eigenvalue weighted by Crippen LogP contribution is 2.36. The number of hydrogen-bond donors (Lipinski definition) is 1. The molecule has 3 heterocycles. The molecular weight excluding hydrogens is 371 g/mol. The van der Waals surface area contributed by atoms with E-state index in [0.29, 0.717) is 22.2 Å². The molecule has 0 saturated carbocycles. The molecule has 4 aromatic rings. The Bertz CT molecular complexity index is 1180. The molecule has 5 nitrogen and oxygen atoms in total. The van der Waals surface area contributed by atoms with Gasteiger partial charge in [0.05, 0.1) is 23.0 Å². The van der Waals surface area contributed by atoms with Crippen LogP contribution in [0.25, 0.3) is 27.8 Å². The van der Waals surface area contributed by atoms with Crippen molar-refractivity contribution in [1.82, 2.24) is 14.5 Å². The van der Waals surface area contributed by atoms with E-state index >= 15 is 0 Å². The summed E-state index contributed by atoms with van der Waals surface area (Å²) in [5.41, 5.74) is 0.345. The van der Waals surface area contributed by atoms with E-state index in [4.69, 9.17) is 0 Å². The molecule has 0 spiro atoms. The molecule has 0 fully saturated rings. The van der Waals surface area contributed by atoms with E-state index in [2.05, 4.69) is 9.97 Å². The number of hydrogen-bond acceptors (Lipinski definition) is 3. The SMILES string of the molecule is O=C(O)c1cc(-c2ccnc3c2ccn3-c2cccnc2)ccc1C(F)(F)F. The Balaban J connectivity index is 1.90. The molecule has 0 saturated heterocycles. The summed E-state index contributed by atoms with van der Waals surface area (Å²) in [6.45, 7) is 0. The van der Waals surface area contributed by atoms with Gasteiger partial charge in [0.1, 0.15) is 5.65 Å². The molecule has 0 aliphatic carbocycles. The van der Waals surface area contributed by atoms with Crippen LogP contribution in [-0.2, 0) is 6.18 Å². The van der Waals surface area contributed by atoms with Crippen LogP contribution in [0.15, 0.2) is 67.3 Å². The van der Waals surface area contributed by atoms with Crippen LogP contribution < -0.4 is 0 Å². The predicted molar refractivity (Wildman–Crippen MR) is 96.3 cm³/mol. The topological polar surface area (TPSA) is 68.0 Å². The van der Waals surface area contributed by atoms with Crippen LogP contribution in [0.5, 0.6) is 0 Å². The second-order valence-corrected chi connectivity index (χ2v) is 6.06. The number of fused-ring (bicyclic) bond motifs is 1. The van der Waals surface area contributed by atoms with Crippen molar-refractivity contribution in [3.05, 3.63) is 78.4 Å². The summed E-state index contributed by atoms with van der Waals surface area (Å²) in [4.78, 5) is 19.8. The molecule has 0 bridgehead atoms. The van der Waals surface area contributed by atoms with Gasteiger partial charge >= 0.3 is 12.1 Å². The number of nitrogens with zero attached hydrogens (tertiary/aromatic N) is 3. The van der Waals surface area contributed by atoms with Gasteiger partial charge < -0.3 is 5.11 Å². The van der Waals surface area contributed by atoms with Gasteiger partial charge in [0.15, 0.2) is 0 Å². The van der Waals surface area contributed by atoms with Crippen molar-refractivity contribution >= 4 is 17.0 Å². The number of aromatic nitrogens is 3. The average Bonchev–Trinajstić information content (AvgIpc) is 3.11. The fourth-order valence-corrected chi connectivity index (χ4v) is 3.13. The Kier molecular flexibility index (Phi) is 4.11. The lowest BCUT2D eigenvalue weighted by Gasteiger charge is -2.12. The summed E-state index contributed by atoms with van der Waals surface area (Å²) in [5.74, 6) is -1.63. The van der Waals surface area contributed by atoms with E-state index in [1.807, 2.05) is 6.07 Å². The number of pyridine rings is 2. The summed E-state index contributed by atoms with van der Waals surface area (Å²) in [6, 6.07) is 10.2. The van der Waals surface area contributed by atoms with E-state index < -0.39 is 23.3 Å². The second kappa shape index (κ2) is 6.49. The number of alkyl halides is 3. The minimum Gasteiger partial charge on any atom is -0.478 e. The van der Waals surface area contributed by atoms with Gasteiger partial charge in [0.25, 0.3) is 0 Å². The predicted octanol–water partition coefficient (Wildman–Crippen LogP) is 4.80. The molecule has 0 aliphatic rings. The Morgan fingerprint density at radius 3 is 2.57 bits per heavy atom. The maximum absolute atomic E-state index is 13.1.